The van der Waals surface area contributed by atoms with Gasteiger partial charge in [0, 0.05) is 24.8 Å². The zero-order valence-corrected chi connectivity index (χ0v) is 15.9. The van der Waals surface area contributed by atoms with Crippen LogP contribution in [0.25, 0.3) is 0 Å². The SMILES string of the molecule is CC(=O)N[C@H](Cc1ccccc1F)C(=O)N[C@@H](Cc1ccccc1Cl)C(=O)O. The minimum absolute atomic E-state index is 0.0345. The van der Waals surface area contributed by atoms with E-state index in [4.69, 9.17) is 11.6 Å². The molecule has 0 aliphatic heterocycles. The van der Waals surface area contributed by atoms with Crippen LogP contribution in [-0.4, -0.2) is 35.0 Å². The lowest BCUT2D eigenvalue weighted by Gasteiger charge is -2.21. The van der Waals surface area contributed by atoms with E-state index in [0.29, 0.717) is 10.6 Å². The van der Waals surface area contributed by atoms with Gasteiger partial charge in [-0.25, -0.2) is 9.18 Å². The third-order valence-electron chi connectivity index (χ3n) is 4.07. The van der Waals surface area contributed by atoms with Gasteiger partial charge in [0.05, 0.1) is 0 Å². The molecule has 148 valence electrons. The fourth-order valence-corrected chi connectivity index (χ4v) is 2.91. The molecule has 3 N–H and O–H groups in total. The second-order valence-corrected chi connectivity index (χ2v) is 6.65. The average molecular weight is 407 g/mol. The standard InChI is InChI=1S/C20H20ClFN2O4/c1-12(25)23-17(11-14-7-3-5-9-16(14)22)19(26)24-18(20(27)28)10-13-6-2-4-8-15(13)21/h2-9,17-18H,10-11H2,1H3,(H,23,25)(H,24,26)(H,27,28)/t17-,18+/m1/s1. The molecular weight excluding hydrogens is 387 g/mol. The van der Waals surface area contributed by atoms with E-state index in [-0.39, 0.29) is 18.4 Å². The number of hydrogen-bond donors (Lipinski definition) is 3. The van der Waals surface area contributed by atoms with Gasteiger partial charge in [-0.2, -0.15) is 0 Å². The van der Waals surface area contributed by atoms with E-state index in [0.717, 1.165) is 0 Å². The van der Waals surface area contributed by atoms with E-state index in [1.807, 2.05) is 0 Å². The van der Waals surface area contributed by atoms with Crippen molar-refractivity contribution in [2.24, 2.45) is 0 Å². The Balaban J connectivity index is 2.17. The smallest absolute Gasteiger partial charge is 0.326 e. The lowest BCUT2D eigenvalue weighted by molar-refractivity contribution is -0.142. The van der Waals surface area contributed by atoms with Crippen molar-refractivity contribution in [1.29, 1.82) is 0 Å². The molecule has 0 aromatic heterocycles. The molecule has 2 amide bonds. The van der Waals surface area contributed by atoms with Crippen LogP contribution in [0.4, 0.5) is 4.39 Å². The fraction of sp³-hybridized carbons (Fsp3) is 0.250. The van der Waals surface area contributed by atoms with Gasteiger partial charge in [0.25, 0.3) is 0 Å². The van der Waals surface area contributed by atoms with Gasteiger partial charge in [0.15, 0.2) is 0 Å². The summed E-state index contributed by atoms with van der Waals surface area (Å²) in [5, 5.41) is 14.7. The summed E-state index contributed by atoms with van der Waals surface area (Å²) in [7, 11) is 0. The van der Waals surface area contributed by atoms with Crippen molar-refractivity contribution in [3.8, 4) is 0 Å². The first-order valence-corrected chi connectivity index (χ1v) is 8.92. The van der Waals surface area contributed by atoms with Gasteiger partial charge in [0.2, 0.25) is 11.8 Å². The summed E-state index contributed by atoms with van der Waals surface area (Å²) in [6.45, 7) is 1.22. The third-order valence-corrected chi connectivity index (χ3v) is 4.44. The molecule has 2 aromatic rings. The van der Waals surface area contributed by atoms with Crippen LogP contribution in [0.5, 0.6) is 0 Å². The van der Waals surface area contributed by atoms with Crippen LogP contribution in [0.15, 0.2) is 48.5 Å². The maximum absolute atomic E-state index is 13.9. The Labute approximate surface area is 166 Å². The summed E-state index contributed by atoms with van der Waals surface area (Å²) < 4.78 is 13.9. The van der Waals surface area contributed by atoms with E-state index in [9.17, 15) is 23.9 Å². The first-order chi connectivity index (χ1) is 13.3. The molecule has 2 atom stereocenters. The molecule has 8 heteroatoms. The fourth-order valence-electron chi connectivity index (χ4n) is 2.69. The number of benzene rings is 2. The predicted octanol–water partition coefficient (Wildman–Crippen LogP) is 2.34. The lowest BCUT2D eigenvalue weighted by atomic mass is 10.0. The van der Waals surface area contributed by atoms with Crippen molar-refractivity contribution < 1.29 is 23.9 Å². The summed E-state index contributed by atoms with van der Waals surface area (Å²) in [5.74, 6) is -2.98. The second kappa shape index (κ2) is 9.85. The molecule has 0 unspecified atom stereocenters. The largest absolute Gasteiger partial charge is 0.480 e. The highest BCUT2D eigenvalue weighted by Gasteiger charge is 2.27. The van der Waals surface area contributed by atoms with Gasteiger partial charge < -0.3 is 15.7 Å². The summed E-state index contributed by atoms with van der Waals surface area (Å²) in [6, 6.07) is 10.2. The number of nitrogens with one attached hydrogen (secondary N) is 2. The Morgan fingerprint density at radius 1 is 0.964 bits per heavy atom. The number of rotatable bonds is 8. The molecule has 2 rings (SSSR count). The van der Waals surface area contributed by atoms with Gasteiger partial charge in [-0.05, 0) is 23.3 Å². The van der Waals surface area contributed by atoms with Crippen molar-refractivity contribution in [2.45, 2.75) is 31.8 Å². The Kier molecular flexibility index (Phi) is 7.52. The highest BCUT2D eigenvalue weighted by molar-refractivity contribution is 6.31. The number of aliphatic carboxylic acids is 1. The van der Waals surface area contributed by atoms with Crippen molar-refractivity contribution in [1.82, 2.24) is 10.6 Å². The van der Waals surface area contributed by atoms with Crippen molar-refractivity contribution in [3.05, 3.63) is 70.5 Å². The van der Waals surface area contributed by atoms with Crippen LogP contribution in [0.3, 0.4) is 0 Å². The van der Waals surface area contributed by atoms with Gasteiger partial charge in [-0.1, -0.05) is 48.0 Å². The molecule has 0 heterocycles. The molecule has 0 saturated carbocycles. The molecule has 0 saturated heterocycles. The van der Waals surface area contributed by atoms with Crippen LogP contribution in [0, 0.1) is 5.82 Å². The number of carboxylic acids is 1. The Hall–Kier alpha value is -2.93. The van der Waals surface area contributed by atoms with Crippen molar-refractivity contribution in [2.75, 3.05) is 0 Å². The van der Waals surface area contributed by atoms with Gasteiger partial charge >= 0.3 is 5.97 Å². The van der Waals surface area contributed by atoms with Crippen LogP contribution in [-0.2, 0) is 27.2 Å². The average Bonchev–Trinajstić information content (AvgIpc) is 2.63. The zero-order valence-electron chi connectivity index (χ0n) is 15.1. The maximum atomic E-state index is 13.9. The Morgan fingerprint density at radius 2 is 1.54 bits per heavy atom. The first-order valence-electron chi connectivity index (χ1n) is 8.55. The van der Waals surface area contributed by atoms with Crippen LogP contribution in [0.1, 0.15) is 18.1 Å². The molecule has 0 aliphatic carbocycles. The molecule has 0 radical (unpaired) electrons. The van der Waals surface area contributed by atoms with Gasteiger partial charge in [-0.3, -0.25) is 9.59 Å². The van der Waals surface area contributed by atoms with E-state index in [2.05, 4.69) is 10.6 Å². The van der Waals surface area contributed by atoms with E-state index in [1.165, 1.54) is 25.1 Å². The van der Waals surface area contributed by atoms with Crippen LogP contribution in [0.2, 0.25) is 5.02 Å². The highest BCUT2D eigenvalue weighted by atomic mass is 35.5. The number of hydrogen-bond acceptors (Lipinski definition) is 3. The topological polar surface area (TPSA) is 95.5 Å². The van der Waals surface area contributed by atoms with Crippen molar-refractivity contribution >= 4 is 29.4 Å². The summed E-state index contributed by atoms with van der Waals surface area (Å²) in [5.41, 5.74) is 0.788. The molecule has 0 aliphatic rings. The summed E-state index contributed by atoms with van der Waals surface area (Å²) in [6.07, 6.45) is -0.149. The van der Waals surface area contributed by atoms with E-state index in [1.54, 1.807) is 30.3 Å². The molecule has 0 fully saturated rings. The molecule has 0 bridgehead atoms. The van der Waals surface area contributed by atoms with E-state index < -0.39 is 35.7 Å². The zero-order chi connectivity index (χ0) is 20.7. The molecular formula is C20H20ClFN2O4. The Morgan fingerprint density at radius 3 is 2.11 bits per heavy atom. The van der Waals surface area contributed by atoms with E-state index >= 15 is 0 Å². The minimum atomic E-state index is -1.26. The maximum Gasteiger partial charge on any atom is 0.326 e. The lowest BCUT2D eigenvalue weighted by Crippen LogP contribution is -2.52. The predicted molar refractivity (Wildman–Crippen MR) is 102 cm³/mol. The minimum Gasteiger partial charge on any atom is -0.480 e. The summed E-state index contributed by atoms with van der Waals surface area (Å²) in [4.78, 5) is 35.7. The second-order valence-electron chi connectivity index (χ2n) is 6.24. The quantitative estimate of drug-likeness (QED) is 0.627. The number of carbonyl (C=O) groups is 3. The van der Waals surface area contributed by atoms with Crippen molar-refractivity contribution in [3.63, 3.8) is 0 Å². The molecule has 28 heavy (non-hydrogen) atoms. The number of carboxylic acid groups (broad SMARTS) is 1. The highest BCUT2D eigenvalue weighted by Crippen LogP contribution is 2.17. The number of carbonyl (C=O) groups excluding carboxylic acids is 2. The molecule has 6 nitrogen and oxygen atoms in total. The Bertz CT molecular complexity index is 875. The van der Waals surface area contributed by atoms with Crippen LogP contribution < -0.4 is 10.6 Å². The monoisotopic (exact) mass is 406 g/mol. The number of amides is 2. The number of halogens is 2. The molecule has 0 spiro atoms. The third kappa shape index (κ3) is 6.06. The van der Waals surface area contributed by atoms with Gasteiger partial charge in [-0.15, -0.1) is 0 Å². The van der Waals surface area contributed by atoms with Crippen LogP contribution >= 0.6 is 11.6 Å². The summed E-state index contributed by atoms with van der Waals surface area (Å²) >= 11 is 6.06. The molecule has 2 aromatic carbocycles. The van der Waals surface area contributed by atoms with Gasteiger partial charge in [0.1, 0.15) is 17.9 Å². The normalized spacial score (nSPS) is 12.7. The first kappa shape index (κ1) is 21.4.